The van der Waals surface area contributed by atoms with Crippen molar-refractivity contribution in [1.29, 1.82) is 0 Å². The molecule has 0 aromatic carbocycles. The van der Waals surface area contributed by atoms with Crippen LogP contribution in [0, 0.1) is 5.92 Å². The van der Waals surface area contributed by atoms with E-state index in [0.717, 1.165) is 0 Å². The largest absolute Gasteiger partial charge is 0.490 e. The van der Waals surface area contributed by atoms with Crippen molar-refractivity contribution in [2.45, 2.75) is 25.4 Å². The first-order valence-corrected chi connectivity index (χ1v) is 13.4. The van der Waals surface area contributed by atoms with E-state index in [-0.39, 0.29) is 11.6 Å². The number of nitrogen functional groups attached to an aromatic ring is 1. The van der Waals surface area contributed by atoms with Crippen LogP contribution in [-0.4, -0.2) is 70.1 Å². The Hall–Kier alpha value is -1.52. The standard InChI is InChI=1S/C12H21N6O12P3/c1-5-8(19)6(3-27-32(23,24)30-33(25,26)29-31(20,21)22)28-11(5)18-4-15-7-9(14-2)16-12(13)17-10(7)18/h4-6,8,11,19H,3H2,1-2H3,(H,23,24)(H,25,26)(H2,20,21,22)(H3,13,14,16,17)/t5-,6+,8-,11+/m0/s1. The van der Waals surface area contributed by atoms with Gasteiger partial charge in [-0.1, -0.05) is 6.92 Å². The summed E-state index contributed by atoms with van der Waals surface area (Å²) in [5, 5.41) is 13.3. The highest BCUT2D eigenvalue weighted by atomic mass is 31.3. The van der Waals surface area contributed by atoms with Gasteiger partial charge in [0.05, 0.1) is 19.0 Å². The fourth-order valence-corrected chi connectivity index (χ4v) is 6.14. The van der Waals surface area contributed by atoms with E-state index in [1.54, 1.807) is 14.0 Å². The second-order valence-electron chi connectivity index (χ2n) is 6.81. The van der Waals surface area contributed by atoms with Crippen LogP contribution in [0.3, 0.4) is 0 Å². The summed E-state index contributed by atoms with van der Waals surface area (Å²) in [7, 11) is -14.9. The van der Waals surface area contributed by atoms with Gasteiger partial charge in [0.2, 0.25) is 5.95 Å². The first-order chi connectivity index (χ1) is 15.1. The smallest absolute Gasteiger partial charge is 0.390 e. The lowest BCUT2D eigenvalue weighted by Gasteiger charge is -2.19. The molecule has 8 N–H and O–H groups in total. The number of hydrogen-bond acceptors (Lipinski definition) is 13. The van der Waals surface area contributed by atoms with E-state index in [1.807, 2.05) is 0 Å². The lowest BCUT2D eigenvalue weighted by Crippen LogP contribution is -2.29. The molecule has 0 saturated carbocycles. The Morgan fingerprint density at radius 1 is 1.18 bits per heavy atom. The van der Waals surface area contributed by atoms with Gasteiger partial charge in [-0.25, -0.2) is 18.7 Å². The minimum Gasteiger partial charge on any atom is -0.390 e. The van der Waals surface area contributed by atoms with Gasteiger partial charge in [0.15, 0.2) is 17.0 Å². The zero-order valence-electron chi connectivity index (χ0n) is 16.9. The number of aromatic nitrogens is 4. The second-order valence-corrected chi connectivity index (χ2v) is 11.2. The topological polar surface area (TPSA) is 271 Å². The molecule has 1 saturated heterocycles. The molecule has 2 aromatic rings. The number of ether oxygens (including phenoxy) is 1. The van der Waals surface area contributed by atoms with Crippen molar-refractivity contribution < 1.29 is 56.3 Å². The van der Waals surface area contributed by atoms with Crippen molar-refractivity contribution >= 4 is 46.4 Å². The second kappa shape index (κ2) is 9.26. The van der Waals surface area contributed by atoms with E-state index in [1.165, 1.54) is 10.9 Å². The van der Waals surface area contributed by atoms with Gasteiger partial charge in [-0.05, 0) is 0 Å². The molecule has 0 spiro atoms. The van der Waals surface area contributed by atoms with Crippen LogP contribution in [0.5, 0.6) is 0 Å². The molecule has 21 heteroatoms. The zero-order valence-corrected chi connectivity index (χ0v) is 19.6. The van der Waals surface area contributed by atoms with Crippen LogP contribution in [0.2, 0.25) is 0 Å². The summed E-state index contributed by atoms with van der Waals surface area (Å²) in [6.07, 6.45) is -1.98. The fraction of sp³-hybridized carbons (Fsp3) is 0.583. The molecule has 186 valence electrons. The minimum absolute atomic E-state index is 0.0518. The Bertz CT molecular complexity index is 1170. The van der Waals surface area contributed by atoms with Crippen molar-refractivity contribution in [1.82, 2.24) is 19.5 Å². The van der Waals surface area contributed by atoms with Crippen LogP contribution in [0.4, 0.5) is 11.8 Å². The van der Waals surface area contributed by atoms with Crippen molar-refractivity contribution in [2.24, 2.45) is 5.92 Å². The molecule has 2 aromatic heterocycles. The summed E-state index contributed by atoms with van der Waals surface area (Å²) in [6.45, 7) is 0.798. The average Bonchev–Trinajstić information content (AvgIpc) is 3.18. The number of hydrogen-bond donors (Lipinski definition) is 7. The molecule has 0 radical (unpaired) electrons. The first kappa shape index (κ1) is 26.1. The number of anilines is 2. The Morgan fingerprint density at radius 3 is 2.45 bits per heavy atom. The molecule has 1 fully saturated rings. The third-order valence-corrected chi connectivity index (χ3v) is 8.25. The highest BCUT2D eigenvalue weighted by molar-refractivity contribution is 7.66. The number of nitrogens with two attached hydrogens (primary N) is 1. The van der Waals surface area contributed by atoms with Crippen LogP contribution < -0.4 is 11.1 Å². The summed E-state index contributed by atoms with van der Waals surface area (Å²) < 4.78 is 53.0. The molecule has 1 aliphatic rings. The van der Waals surface area contributed by atoms with Gasteiger partial charge in [0, 0.05) is 13.0 Å². The van der Waals surface area contributed by atoms with Gasteiger partial charge in [-0.15, -0.1) is 0 Å². The van der Waals surface area contributed by atoms with Crippen LogP contribution in [0.1, 0.15) is 13.2 Å². The summed E-state index contributed by atoms with van der Waals surface area (Å²) in [5.74, 6) is -0.318. The van der Waals surface area contributed by atoms with Crippen molar-refractivity contribution in [2.75, 3.05) is 24.7 Å². The monoisotopic (exact) mass is 534 g/mol. The van der Waals surface area contributed by atoms with Gasteiger partial charge in [-0.3, -0.25) is 9.09 Å². The predicted molar refractivity (Wildman–Crippen MR) is 108 cm³/mol. The molecule has 18 nitrogen and oxygen atoms in total. The Morgan fingerprint density at radius 2 is 1.85 bits per heavy atom. The van der Waals surface area contributed by atoms with Gasteiger partial charge in [0.25, 0.3) is 0 Å². The van der Waals surface area contributed by atoms with Gasteiger partial charge < -0.3 is 40.5 Å². The first-order valence-electron chi connectivity index (χ1n) is 8.92. The van der Waals surface area contributed by atoms with Gasteiger partial charge in [0.1, 0.15) is 12.3 Å². The highest BCUT2D eigenvalue weighted by Crippen LogP contribution is 2.66. The van der Waals surface area contributed by atoms with E-state index in [4.69, 9.17) is 20.3 Å². The van der Waals surface area contributed by atoms with E-state index in [9.17, 15) is 28.6 Å². The molecular formula is C12H21N6O12P3. The summed E-state index contributed by atoms with van der Waals surface area (Å²) in [4.78, 5) is 48.2. The molecule has 0 aliphatic carbocycles. The molecule has 1 aliphatic heterocycles. The van der Waals surface area contributed by atoms with E-state index >= 15 is 0 Å². The number of phosphoric acid groups is 3. The molecule has 0 amide bonds. The van der Waals surface area contributed by atoms with Crippen molar-refractivity contribution in [3.63, 3.8) is 0 Å². The molecule has 3 heterocycles. The third-order valence-electron chi connectivity index (χ3n) is 4.45. The fourth-order valence-electron chi connectivity index (χ4n) is 3.11. The average molecular weight is 534 g/mol. The van der Waals surface area contributed by atoms with Gasteiger partial charge >= 0.3 is 23.5 Å². The number of nitrogens with zero attached hydrogens (tertiary/aromatic N) is 4. The highest BCUT2D eigenvalue weighted by Gasteiger charge is 2.45. The third kappa shape index (κ3) is 6.14. The molecule has 2 unspecified atom stereocenters. The van der Waals surface area contributed by atoms with Crippen LogP contribution in [-0.2, 0) is 31.6 Å². The Balaban J connectivity index is 1.73. The SMILES string of the molecule is CNc1nc(N)nc2c1ncn2[C@@H]1O[C@H](COP(=O)(O)OP(=O)(O)OP(=O)(O)O)[C@@H](O)[C@@H]1C. The lowest BCUT2D eigenvalue weighted by molar-refractivity contribution is -0.0438. The zero-order chi connectivity index (χ0) is 24.8. The van der Waals surface area contributed by atoms with Crippen LogP contribution in [0.25, 0.3) is 11.2 Å². The van der Waals surface area contributed by atoms with Gasteiger partial charge in [-0.2, -0.15) is 18.6 Å². The maximum Gasteiger partial charge on any atom is 0.490 e. The van der Waals surface area contributed by atoms with E-state index in [2.05, 4.69) is 33.4 Å². The maximum absolute atomic E-state index is 11.9. The van der Waals surface area contributed by atoms with Crippen LogP contribution in [0.15, 0.2) is 6.33 Å². The van der Waals surface area contributed by atoms with Crippen molar-refractivity contribution in [3.8, 4) is 0 Å². The predicted octanol–water partition coefficient (Wildman–Crippen LogP) is -0.312. The summed E-state index contributed by atoms with van der Waals surface area (Å²) >= 11 is 0. The number of phosphoric ester groups is 1. The molecule has 33 heavy (non-hydrogen) atoms. The number of aliphatic hydroxyl groups is 1. The number of rotatable bonds is 9. The summed E-state index contributed by atoms with van der Waals surface area (Å²) in [6, 6.07) is 0. The molecular weight excluding hydrogens is 513 g/mol. The molecule has 0 bridgehead atoms. The number of nitrogens with one attached hydrogen (secondary N) is 1. The lowest BCUT2D eigenvalue weighted by atomic mass is 10.0. The number of fused-ring (bicyclic) bond motifs is 1. The van der Waals surface area contributed by atoms with Crippen molar-refractivity contribution in [3.05, 3.63) is 6.33 Å². The Kier molecular flexibility index (Phi) is 7.32. The van der Waals surface area contributed by atoms with E-state index in [0.29, 0.717) is 11.3 Å². The molecule has 6 atom stereocenters. The number of aliphatic hydroxyl groups excluding tert-OH is 1. The summed E-state index contributed by atoms with van der Waals surface area (Å²) in [5.41, 5.74) is 6.36. The number of imidazole rings is 1. The maximum atomic E-state index is 11.9. The van der Waals surface area contributed by atoms with E-state index < -0.39 is 54.4 Å². The quantitative estimate of drug-likeness (QED) is 0.203. The van der Waals surface area contributed by atoms with Crippen LogP contribution >= 0.6 is 23.5 Å². The Labute approximate surface area is 185 Å². The minimum atomic E-state index is -5.66. The molecule has 3 rings (SSSR count). The normalized spacial score (nSPS) is 27.4.